The monoisotopic (exact) mass is 425 g/mol. The Bertz CT molecular complexity index is 814. The van der Waals surface area contributed by atoms with Crippen LogP contribution in [0.25, 0.3) is 0 Å². The number of hydrogen-bond acceptors (Lipinski definition) is 5. The molecule has 0 aliphatic carbocycles. The van der Waals surface area contributed by atoms with Gasteiger partial charge in [-0.15, -0.1) is 0 Å². The first-order valence-electron chi connectivity index (χ1n) is 10.8. The van der Waals surface area contributed by atoms with Gasteiger partial charge in [-0.25, -0.2) is 4.79 Å². The highest BCUT2D eigenvalue weighted by molar-refractivity contribution is 5.76. The maximum absolute atomic E-state index is 12.8. The molecule has 0 saturated carbocycles. The standard InChI is InChI=1S/C26H35NO4/c1-20(22-15-9-6-10-16-22)27(19-21-13-7-5-8-14-21)23(17-11-12-18-28)24(29)25(30)31-26(2,3)4/h5-11,13-17,20,23-24,28-29H,12,18-19H2,1-4H3/b17-11+. The van der Waals surface area contributed by atoms with Crippen molar-refractivity contribution in [1.82, 2.24) is 4.90 Å². The van der Waals surface area contributed by atoms with Gasteiger partial charge in [-0.3, -0.25) is 4.90 Å². The van der Waals surface area contributed by atoms with Crippen LogP contribution in [0.5, 0.6) is 0 Å². The van der Waals surface area contributed by atoms with E-state index in [1.165, 1.54) is 0 Å². The van der Waals surface area contributed by atoms with E-state index in [1.807, 2.05) is 60.7 Å². The summed E-state index contributed by atoms with van der Waals surface area (Å²) >= 11 is 0. The van der Waals surface area contributed by atoms with Crippen LogP contribution < -0.4 is 0 Å². The Balaban J connectivity index is 2.44. The molecule has 5 heteroatoms. The minimum Gasteiger partial charge on any atom is -0.458 e. The van der Waals surface area contributed by atoms with Crippen molar-refractivity contribution in [3.05, 3.63) is 83.9 Å². The van der Waals surface area contributed by atoms with Crippen LogP contribution in [-0.2, 0) is 16.1 Å². The van der Waals surface area contributed by atoms with Gasteiger partial charge in [-0.05, 0) is 45.2 Å². The first-order valence-corrected chi connectivity index (χ1v) is 10.8. The van der Waals surface area contributed by atoms with Gasteiger partial charge in [0, 0.05) is 19.2 Å². The zero-order chi connectivity index (χ0) is 22.9. The second-order valence-electron chi connectivity index (χ2n) is 8.65. The molecule has 0 aromatic heterocycles. The summed E-state index contributed by atoms with van der Waals surface area (Å²) in [7, 11) is 0. The summed E-state index contributed by atoms with van der Waals surface area (Å²) in [5, 5.41) is 20.3. The van der Waals surface area contributed by atoms with Crippen molar-refractivity contribution in [3.8, 4) is 0 Å². The molecule has 31 heavy (non-hydrogen) atoms. The van der Waals surface area contributed by atoms with Gasteiger partial charge in [0.05, 0.1) is 6.04 Å². The number of hydrogen-bond donors (Lipinski definition) is 2. The second kappa shape index (κ2) is 11.8. The van der Waals surface area contributed by atoms with Crippen LogP contribution in [0, 0.1) is 0 Å². The normalized spacial score (nSPS) is 15.1. The number of benzene rings is 2. The van der Waals surface area contributed by atoms with E-state index in [0.717, 1.165) is 11.1 Å². The predicted octanol–water partition coefficient (Wildman–Crippen LogP) is 4.26. The van der Waals surface area contributed by atoms with Crippen LogP contribution in [0.1, 0.15) is 51.3 Å². The van der Waals surface area contributed by atoms with Crippen LogP contribution in [-0.4, -0.2) is 45.4 Å². The molecule has 3 unspecified atom stereocenters. The fourth-order valence-corrected chi connectivity index (χ4v) is 3.43. The van der Waals surface area contributed by atoms with Crippen molar-refractivity contribution >= 4 is 5.97 Å². The zero-order valence-corrected chi connectivity index (χ0v) is 18.9. The second-order valence-corrected chi connectivity index (χ2v) is 8.65. The van der Waals surface area contributed by atoms with Gasteiger partial charge in [0.15, 0.2) is 6.10 Å². The minimum absolute atomic E-state index is 0.00131. The third-order valence-corrected chi connectivity index (χ3v) is 4.97. The van der Waals surface area contributed by atoms with Gasteiger partial charge in [0.2, 0.25) is 0 Å². The molecule has 168 valence electrons. The molecule has 0 aliphatic heterocycles. The van der Waals surface area contributed by atoms with Crippen LogP contribution in [0.4, 0.5) is 0 Å². The summed E-state index contributed by atoms with van der Waals surface area (Å²) in [5.74, 6) is -0.663. The van der Waals surface area contributed by atoms with Crippen LogP contribution in [0.15, 0.2) is 72.8 Å². The lowest BCUT2D eigenvalue weighted by Gasteiger charge is -2.37. The highest BCUT2D eigenvalue weighted by Crippen LogP contribution is 2.28. The number of aliphatic hydroxyl groups excluding tert-OH is 2. The van der Waals surface area contributed by atoms with Gasteiger partial charge in [-0.2, -0.15) is 0 Å². The number of carbonyl (C=O) groups excluding carboxylic acids is 1. The number of carbonyl (C=O) groups is 1. The third kappa shape index (κ3) is 7.94. The lowest BCUT2D eigenvalue weighted by atomic mass is 9.99. The first kappa shape index (κ1) is 24.8. The van der Waals surface area contributed by atoms with Crippen molar-refractivity contribution in [2.24, 2.45) is 0 Å². The Morgan fingerprint density at radius 1 is 1.06 bits per heavy atom. The number of rotatable bonds is 10. The molecule has 0 spiro atoms. The molecular formula is C26H35NO4. The van der Waals surface area contributed by atoms with Crippen molar-refractivity contribution < 1.29 is 19.7 Å². The lowest BCUT2D eigenvalue weighted by molar-refractivity contribution is -0.168. The van der Waals surface area contributed by atoms with Crippen molar-refractivity contribution in [1.29, 1.82) is 0 Å². The summed E-state index contributed by atoms with van der Waals surface area (Å²) in [6.45, 7) is 7.93. The molecule has 2 aromatic rings. The Labute approximate surface area is 186 Å². The number of ether oxygens (including phenoxy) is 1. The fourth-order valence-electron chi connectivity index (χ4n) is 3.43. The molecule has 0 heterocycles. The molecule has 2 aromatic carbocycles. The van der Waals surface area contributed by atoms with Crippen LogP contribution in [0.2, 0.25) is 0 Å². The molecular weight excluding hydrogens is 390 g/mol. The van der Waals surface area contributed by atoms with Crippen LogP contribution >= 0.6 is 0 Å². The molecule has 2 N–H and O–H groups in total. The first-order chi connectivity index (χ1) is 14.7. The summed E-state index contributed by atoms with van der Waals surface area (Å²) in [6, 6.07) is 19.3. The number of esters is 1. The molecule has 0 fully saturated rings. The number of aliphatic hydroxyl groups is 2. The molecule has 5 nitrogen and oxygen atoms in total. The van der Waals surface area contributed by atoms with Gasteiger partial charge in [0.1, 0.15) is 5.60 Å². The van der Waals surface area contributed by atoms with E-state index in [-0.39, 0.29) is 12.6 Å². The molecule has 0 amide bonds. The molecule has 2 rings (SSSR count). The van der Waals surface area contributed by atoms with Crippen molar-refractivity contribution in [2.45, 2.75) is 64.4 Å². The quantitative estimate of drug-likeness (QED) is 0.440. The smallest absolute Gasteiger partial charge is 0.337 e. The summed E-state index contributed by atoms with van der Waals surface area (Å²) in [5.41, 5.74) is 1.45. The molecule has 3 atom stereocenters. The van der Waals surface area contributed by atoms with E-state index in [0.29, 0.717) is 13.0 Å². The average Bonchev–Trinajstić information content (AvgIpc) is 2.75. The van der Waals surface area contributed by atoms with Gasteiger partial charge in [0.25, 0.3) is 0 Å². The summed E-state index contributed by atoms with van der Waals surface area (Å²) in [4.78, 5) is 14.9. The van der Waals surface area contributed by atoms with Crippen molar-refractivity contribution in [3.63, 3.8) is 0 Å². The summed E-state index contributed by atoms with van der Waals surface area (Å²) < 4.78 is 5.47. The lowest BCUT2D eigenvalue weighted by Crippen LogP contribution is -2.48. The minimum atomic E-state index is -1.37. The Hall–Kier alpha value is -2.47. The molecule has 0 radical (unpaired) electrons. The molecule has 0 aliphatic rings. The highest BCUT2D eigenvalue weighted by Gasteiger charge is 2.35. The third-order valence-electron chi connectivity index (χ3n) is 4.97. The molecule has 0 bridgehead atoms. The van der Waals surface area contributed by atoms with Crippen molar-refractivity contribution in [2.75, 3.05) is 6.61 Å². The van der Waals surface area contributed by atoms with Crippen LogP contribution in [0.3, 0.4) is 0 Å². The molecule has 0 saturated heterocycles. The highest BCUT2D eigenvalue weighted by atomic mass is 16.6. The Morgan fingerprint density at radius 3 is 2.19 bits per heavy atom. The predicted molar refractivity (Wildman–Crippen MR) is 123 cm³/mol. The SMILES string of the molecule is CC(c1ccccc1)N(Cc1ccccc1)C(/C=C/CCO)C(O)C(=O)OC(C)(C)C. The number of nitrogens with zero attached hydrogens (tertiary/aromatic N) is 1. The maximum atomic E-state index is 12.8. The van der Waals surface area contributed by atoms with Gasteiger partial charge < -0.3 is 14.9 Å². The maximum Gasteiger partial charge on any atom is 0.337 e. The Kier molecular flexibility index (Phi) is 9.44. The van der Waals surface area contributed by atoms with E-state index >= 15 is 0 Å². The van der Waals surface area contributed by atoms with E-state index in [1.54, 1.807) is 32.9 Å². The van der Waals surface area contributed by atoms with E-state index < -0.39 is 23.7 Å². The Morgan fingerprint density at radius 2 is 1.65 bits per heavy atom. The summed E-state index contributed by atoms with van der Waals surface area (Å²) in [6.07, 6.45) is 2.67. The van der Waals surface area contributed by atoms with Gasteiger partial charge >= 0.3 is 5.97 Å². The van der Waals surface area contributed by atoms with E-state index in [9.17, 15) is 15.0 Å². The van der Waals surface area contributed by atoms with E-state index in [2.05, 4.69) is 11.8 Å². The van der Waals surface area contributed by atoms with E-state index in [4.69, 9.17) is 4.74 Å². The topological polar surface area (TPSA) is 70.0 Å². The van der Waals surface area contributed by atoms with Gasteiger partial charge in [-0.1, -0.05) is 72.8 Å². The average molecular weight is 426 g/mol. The fraction of sp³-hybridized carbons (Fsp3) is 0.423. The largest absolute Gasteiger partial charge is 0.458 e. The zero-order valence-electron chi connectivity index (χ0n) is 18.9.